The molecule has 0 spiro atoms. The van der Waals surface area contributed by atoms with Gasteiger partial charge in [-0.25, -0.2) is 0 Å². The monoisotopic (exact) mass is 346 g/mol. The molecule has 0 aliphatic carbocycles. The van der Waals surface area contributed by atoms with E-state index < -0.39 is 23.8 Å². The van der Waals surface area contributed by atoms with Gasteiger partial charge >= 0.3 is 5.97 Å². The Morgan fingerprint density at radius 2 is 1.38 bits per heavy atom. The lowest BCUT2D eigenvalue weighted by atomic mass is 9.84. The zero-order valence-corrected chi connectivity index (χ0v) is 15.5. The zero-order chi connectivity index (χ0) is 18.4. The molecule has 0 aliphatic heterocycles. The van der Waals surface area contributed by atoms with E-state index in [2.05, 4.69) is 6.92 Å². The smallest absolute Gasteiger partial charge is 0.303 e. The summed E-state index contributed by atoms with van der Waals surface area (Å²) < 4.78 is 0. The van der Waals surface area contributed by atoms with Crippen molar-refractivity contribution in [1.29, 1.82) is 0 Å². The largest absolute Gasteiger partial charge is 0.481 e. The molecule has 144 valence electrons. The molecule has 0 rings (SSSR count). The van der Waals surface area contributed by atoms with Gasteiger partial charge < -0.3 is 20.4 Å². The van der Waals surface area contributed by atoms with Gasteiger partial charge in [0.05, 0.1) is 12.2 Å². The van der Waals surface area contributed by atoms with Gasteiger partial charge in [-0.1, -0.05) is 71.1 Å². The summed E-state index contributed by atoms with van der Waals surface area (Å²) in [5.41, 5.74) is -1.74. The van der Waals surface area contributed by atoms with Crippen LogP contribution in [-0.4, -0.2) is 44.2 Å². The van der Waals surface area contributed by atoms with Crippen molar-refractivity contribution in [3.05, 3.63) is 0 Å². The van der Waals surface area contributed by atoms with Gasteiger partial charge in [0.2, 0.25) is 0 Å². The number of carbonyl (C=O) groups is 1. The van der Waals surface area contributed by atoms with Crippen molar-refractivity contribution < 1.29 is 25.2 Å². The minimum absolute atomic E-state index is 0.140. The van der Waals surface area contributed by atoms with Crippen LogP contribution in [0.2, 0.25) is 0 Å². The second kappa shape index (κ2) is 13.6. The minimum Gasteiger partial charge on any atom is -0.481 e. The van der Waals surface area contributed by atoms with Crippen molar-refractivity contribution in [3.8, 4) is 0 Å². The first-order chi connectivity index (χ1) is 11.3. The first-order valence-electron chi connectivity index (χ1n) is 9.64. The Morgan fingerprint density at radius 3 is 1.79 bits per heavy atom. The van der Waals surface area contributed by atoms with Crippen molar-refractivity contribution in [2.24, 2.45) is 0 Å². The van der Waals surface area contributed by atoms with Gasteiger partial charge in [0.1, 0.15) is 5.60 Å². The van der Waals surface area contributed by atoms with Gasteiger partial charge in [0.25, 0.3) is 0 Å². The predicted octanol–water partition coefficient (Wildman–Crippen LogP) is 3.64. The Kier molecular flexibility index (Phi) is 13.3. The Bertz CT molecular complexity index is 319. The van der Waals surface area contributed by atoms with Crippen molar-refractivity contribution in [2.75, 3.05) is 0 Å². The number of hydrogen-bond acceptors (Lipinski definition) is 4. The van der Waals surface area contributed by atoms with E-state index in [-0.39, 0.29) is 12.8 Å². The third-order valence-corrected chi connectivity index (χ3v) is 4.87. The molecule has 0 aromatic rings. The molecule has 0 radical (unpaired) electrons. The highest BCUT2D eigenvalue weighted by Gasteiger charge is 2.40. The van der Waals surface area contributed by atoms with Gasteiger partial charge in [-0.2, -0.15) is 0 Å². The number of hydrogen-bond donors (Lipinski definition) is 4. The summed E-state index contributed by atoms with van der Waals surface area (Å²) in [6.45, 7) is 3.61. The number of carboxylic acid groups (broad SMARTS) is 1. The molecule has 0 amide bonds. The van der Waals surface area contributed by atoms with Crippen LogP contribution in [0.25, 0.3) is 0 Å². The molecule has 0 heterocycles. The van der Waals surface area contributed by atoms with Crippen LogP contribution in [0.15, 0.2) is 0 Å². The van der Waals surface area contributed by atoms with Gasteiger partial charge in [0, 0.05) is 6.42 Å². The molecule has 0 fully saturated rings. The van der Waals surface area contributed by atoms with Gasteiger partial charge in [-0.15, -0.1) is 0 Å². The molecule has 3 atom stereocenters. The van der Waals surface area contributed by atoms with Gasteiger partial charge in [-0.3, -0.25) is 4.79 Å². The number of carboxylic acids is 1. The quantitative estimate of drug-likeness (QED) is 0.320. The second-order valence-electron chi connectivity index (χ2n) is 7.05. The molecule has 4 N–H and O–H groups in total. The van der Waals surface area contributed by atoms with E-state index in [1.54, 1.807) is 0 Å². The SMILES string of the molecule is CCCCCCCCCCCCC(O)C(O)(CCC(=O)O)C(C)O. The topological polar surface area (TPSA) is 98.0 Å². The fourth-order valence-corrected chi connectivity index (χ4v) is 3.04. The highest BCUT2D eigenvalue weighted by atomic mass is 16.4. The molecule has 0 aliphatic rings. The summed E-state index contributed by atoms with van der Waals surface area (Å²) in [6.07, 6.45) is 9.59. The van der Waals surface area contributed by atoms with E-state index >= 15 is 0 Å². The van der Waals surface area contributed by atoms with Crippen LogP contribution in [0.5, 0.6) is 0 Å². The number of rotatable bonds is 16. The summed E-state index contributed by atoms with van der Waals surface area (Å²) in [5, 5.41) is 39.0. The number of aliphatic carboxylic acids is 1. The van der Waals surface area contributed by atoms with Gasteiger partial charge in [-0.05, 0) is 19.8 Å². The summed E-state index contributed by atoms with van der Waals surface area (Å²) in [4.78, 5) is 10.7. The average Bonchev–Trinajstić information content (AvgIpc) is 2.53. The molecule has 0 aromatic carbocycles. The molecule has 0 aromatic heterocycles. The second-order valence-corrected chi connectivity index (χ2v) is 7.05. The molecule has 0 saturated heterocycles. The number of unbranched alkanes of at least 4 members (excludes halogenated alkanes) is 9. The third-order valence-electron chi connectivity index (χ3n) is 4.87. The van der Waals surface area contributed by atoms with Crippen molar-refractivity contribution in [3.63, 3.8) is 0 Å². The van der Waals surface area contributed by atoms with E-state index in [0.29, 0.717) is 6.42 Å². The van der Waals surface area contributed by atoms with Gasteiger partial charge in [0.15, 0.2) is 0 Å². The molecule has 5 heteroatoms. The van der Waals surface area contributed by atoms with Crippen LogP contribution in [-0.2, 0) is 4.79 Å². The molecule has 3 unspecified atom stereocenters. The minimum atomic E-state index is -1.74. The van der Waals surface area contributed by atoms with E-state index in [9.17, 15) is 20.1 Å². The molecular weight excluding hydrogens is 308 g/mol. The Hall–Kier alpha value is -0.650. The van der Waals surface area contributed by atoms with Crippen LogP contribution in [0.1, 0.15) is 97.3 Å². The fraction of sp³-hybridized carbons (Fsp3) is 0.947. The summed E-state index contributed by atoms with van der Waals surface area (Å²) >= 11 is 0. The highest BCUT2D eigenvalue weighted by molar-refractivity contribution is 5.66. The maximum absolute atomic E-state index is 10.7. The lowest BCUT2D eigenvalue weighted by Gasteiger charge is -2.35. The van der Waals surface area contributed by atoms with Crippen LogP contribution >= 0.6 is 0 Å². The normalized spacial score (nSPS) is 16.5. The molecule has 24 heavy (non-hydrogen) atoms. The fourth-order valence-electron chi connectivity index (χ4n) is 3.04. The van der Waals surface area contributed by atoms with Crippen LogP contribution in [0.3, 0.4) is 0 Å². The van der Waals surface area contributed by atoms with Crippen LogP contribution < -0.4 is 0 Å². The number of aliphatic hydroxyl groups is 3. The molecular formula is C19H38O5. The van der Waals surface area contributed by atoms with Crippen molar-refractivity contribution in [2.45, 2.75) is 115 Å². The van der Waals surface area contributed by atoms with Crippen LogP contribution in [0.4, 0.5) is 0 Å². The lowest BCUT2D eigenvalue weighted by Crippen LogP contribution is -2.51. The van der Waals surface area contributed by atoms with E-state index in [1.165, 1.54) is 51.9 Å². The first-order valence-corrected chi connectivity index (χ1v) is 9.64. The summed E-state index contributed by atoms with van der Waals surface area (Å²) in [7, 11) is 0. The van der Waals surface area contributed by atoms with E-state index in [4.69, 9.17) is 5.11 Å². The third kappa shape index (κ3) is 10.3. The summed E-state index contributed by atoms with van der Waals surface area (Å²) in [6, 6.07) is 0. The predicted molar refractivity (Wildman–Crippen MR) is 96.0 cm³/mol. The molecule has 5 nitrogen and oxygen atoms in total. The maximum atomic E-state index is 10.7. The standard InChI is InChI=1S/C19H38O5/c1-3-4-5-6-7-8-9-10-11-12-13-17(21)19(24,16(2)20)15-14-18(22)23/h16-17,20-21,24H,3-15H2,1-2H3,(H,22,23). The first kappa shape index (κ1) is 23.4. The Morgan fingerprint density at radius 1 is 0.917 bits per heavy atom. The van der Waals surface area contributed by atoms with Crippen molar-refractivity contribution in [1.82, 2.24) is 0 Å². The number of aliphatic hydroxyl groups excluding tert-OH is 2. The van der Waals surface area contributed by atoms with Crippen LogP contribution in [0, 0.1) is 0 Å². The summed E-state index contributed by atoms with van der Waals surface area (Å²) in [5.74, 6) is -1.04. The molecule has 0 saturated carbocycles. The van der Waals surface area contributed by atoms with Crippen molar-refractivity contribution >= 4 is 5.97 Å². The molecule has 0 bridgehead atoms. The highest BCUT2D eigenvalue weighted by Crippen LogP contribution is 2.26. The average molecular weight is 347 g/mol. The Labute approximate surface area is 147 Å². The van der Waals surface area contributed by atoms with E-state index in [0.717, 1.165) is 19.3 Å². The Balaban J connectivity index is 3.84. The maximum Gasteiger partial charge on any atom is 0.303 e. The zero-order valence-electron chi connectivity index (χ0n) is 15.5. The van der Waals surface area contributed by atoms with E-state index in [1.807, 2.05) is 0 Å². The lowest BCUT2D eigenvalue weighted by molar-refractivity contribution is -0.156.